The average molecular weight is 556 g/mol. The van der Waals surface area contributed by atoms with E-state index in [2.05, 4.69) is 15.6 Å². The summed E-state index contributed by atoms with van der Waals surface area (Å²) in [5, 5.41) is 6.55. The number of benzene rings is 2. The van der Waals surface area contributed by atoms with E-state index in [0.717, 1.165) is 17.7 Å². The van der Waals surface area contributed by atoms with Gasteiger partial charge in [0.15, 0.2) is 17.5 Å². The summed E-state index contributed by atoms with van der Waals surface area (Å²) in [7, 11) is 8.29. The van der Waals surface area contributed by atoms with Crippen LogP contribution in [0, 0.1) is 0 Å². The number of nitrogens with zero attached hydrogens (tertiary/aromatic N) is 2. The molecule has 0 aromatic heterocycles. The molecule has 0 fully saturated rings. The quantitative estimate of drug-likeness (QED) is 0.280. The van der Waals surface area contributed by atoms with Gasteiger partial charge in [-0.1, -0.05) is 12.1 Å². The molecular formula is C23H33IN4O4. The zero-order valence-corrected chi connectivity index (χ0v) is 21.9. The monoisotopic (exact) mass is 556 g/mol. The number of aliphatic imine (C=N–C) groups is 1. The Bertz CT molecular complexity index is 902. The molecule has 0 bridgehead atoms. The van der Waals surface area contributed by atoms with Crippen molar-refractivity contribution in [3.63, 3.8) is 0 Å². The maximum Gasteiger partial charge on any atom is 0.253 e. The maximum absolute atomic E-state index is 12.0. The van der Waals surface area contributed by atoms with Crippen molar-refractivity contribution in [3.8, 4) is 17.2 Å². The Morgan fingerprint density at radius 2 is 1.53 bits per heavy atom. The highest BCUT2D eigenvalue weighted by Gasteiger charge is 2.12. The fourth-order valence-corrected chi connectivity index (χ4v) is 2.93. The van der Waals surface area contributed by atoms with E-state index in [1.807, 2.05) is 37.3 Å². The van der Waals surface area contributed by atoms with Crippen LogP contribution in [0.25, 0.3) is 0 Å². The average Bonchev–Trinajstić information content (AvgIpc) is 2.79. The van der Waals surface area contributed by atoms with Gasteiger partial charge < -0.3 is 29.7 Å². The van der Waals surface area contributed by atoms with E-state index in [-0.39, 0.29) is 29.9 Å². The molecular weight excluding hydrogens is 523 g/mol. The van der Waals surface area contributed by atoms with Gasteiger partial charge in [-0.15, -0.1) is 24.0 Å². The molecule has 2 aromatic rings. The summed E-state index contributed by atoms with van der Waals surface area (Å²) in [6.07, 6.45) is 0. The maximum atomic E-state index is 12.0. The van der Waals surface area contributed by atoms with Crippen molar-refractivity contribution in [1.29, 1.82) is 0 Å². The molecule has 176 valence electrons. The van der Waals surface area contributed by atoms with Crippen molar-refractivity contribution < 1.29 is 19.0 Å². The normalized spacial score (nSPS) is 10.6. The van der Waals surface area contributed by atoms with E-state index in [4.69, 9.17) is 14.2 Å². The fourth-order valence-electron chi connectivity index (χ4n) is 2.93. The van der Waals surface area contributed by atoms with Crippen LogP contribution >= 0.6 is 24.0 Å². The molecule has 0 aliphatic rings. The van der Waals surface area contributed by atoms with E-state index in [0.29, 0.717) is 41.9 Å². The molecule has 9 heteroatoms. The first-order valence-corrected chi connectivity index (χ1v) is 10.0. The first-order valence-electron chi connectivity index (χ1n) is 10.0. The van der Waals surface area contributed by atoms with E-state index < -0.39 is 0 Å². The van der Waals surface area contributed by atoms with Crippen molar-refractivity contribution in [2.45, 2.75) is 20.0 Å². The lowest BCUT2D eigenvalue weighted by molar-refractivity contribution is 0.0827. The Kier molecular flexibility index (Phi) is 11.7. The second-order valence-electron chi connectivity index (χ2n) is 6.96. The van der Waals surface area contributed by atoms with Crippen LogP contribution in [-0.4, -0.2) is 58.7 Å². The van der Waals surface area contributed by atoms with Gasteiger partial charge in [-0.05, 0) is 30.7 Å². The Balaban J connectivity index is 0.00000512. The van der Waals surface area contributed by atoms with Crippen molar-refractivity contribution >= 4 is 35.8 Å². The molecule has 0 aliphatic carbocycles. The van der Waals surface area contributed by atoms with Crippen molar-refractivity contribution in [3.05, 3.63) is 53.1 Å². The number of carbonyl (C=O) groups is 1. The molecule has 0 aliphatic heterocycles. The summed E-state index contributed by atoms with van der Waals surface area (Å²) in [6, 6.07) is 11.2. The van der Waals surface area contributed by atoms with Gasteiger partial charge in [0.1, 0.15) is 5.75 Å². The lowest BCUT2D eigenvalue weighted by Gasteiger charge is -2.16. The Morgan fingerprint density at radius 1 is 0.938 bits per heavy atom. The van der Waals surface area contributed by atoms with Crippen molar-refractivity contribution in [2.24, 2.45) is 4.99 Å². The molecule has 0 atom stereocenters. The summed E-state index contributed by atoms with van der Waals surface area (Å²) in [4.78, 5) is 18.2. The summed E-state index contributed by atoms with van der Waals surface area (Å²) >= 11 is 0. The molecule has 8 nitrogen and oxygen atoms in total. The molecule has 0 radical (unpaired) electrons. The minimum Gasteiger partial charge on any atom is -0.496 e. The number of guanidine groups is 1. The zero-order chi connectivity index (χ0) is 22.8. The highest BCUT2D eigenvalue weighted by Crippen LogP contribution is 2.34. The molecule has 0 spiro atoms. The van der Waals surface area contributed by atoms with Crippen molar-refractivity contribution in [1.82, 2.24) is 15.5 Å². The second kappa shape index (κ2) is 13.7. The number of hydrogen-bond donors (Lipinski definition) is 2. The standard InChI is InChI=1S/C23H32N4O4.HI/c1-7-24-23(25-14-16-8-10-17(11-9-16)22(28)27(2)3)26-15-18-12-20(30-5)21(31-6)13-19(18)29-4;/h8-13H,7,14-15H2,1-6H3,(H2,24,25,26);1H. The Labute approximate surface area is 207 Å². The SMILES string of the molecule is CCNC(=NCc1ccc(C(=O)N(C)C)cc1)NCc1cc(OC)c(OC)cc1OC.I. The molecule has 2 N–H and O–H groups in total. The highest BCUT2D eigenvalue weighted by molar-refractivity contribution is 14.0. The third-order valence-corrected chi connectivity index (χ3v) is 4.60. The third-order valence-electron chi connectivity index (χ3n) is 4.60. The minimum atomic E-state index is -0.0195. The predicted octanol–water partition coefficient (Wildman–Crippen LogP) is 3.29. The number of methoxy groups -OCH3 is 3. The van der Waals surface area contributed by atoms with Gasteiger partial charge in [-0.25, -0.2) is 4.99 Å². The van der Waals surface area contributed by atoms with Crippen LogP contribution in [0.5, 0.6) is 17.2 Å². The number of carbonyl (C=O) groups excluding carboxylic acids is 1. The topological polar surface area (TPSA) is 84.4 Å². The summed E-state index contributed by atoms with van der Waals surface area (Å²) in [6.45, 7) is 3.71. The molecule has 0 unspecified atom stereocenters. The lowest BCUT2D eigenvalue weighted by atomic mass is 10.1. The number of ether oxygens (including phenoxy) is 3. The number of nitrogens with one attached hydrogen (secondary N) is 2. The number of rotatable bonds is 9. The lowest BCUT2D eigenvalue weighted by Crippen LogP contribution is -2.36. The van der Waals surface area contributed by atoms with Crippen LogP contribution in [0.4, 0.5) is 0 Å². The molecule has 1 amide bonds. The summed E-state index contributed by atoms with van der Waals surface area (Å²) < 4.78 is 16.2. The first-order chi connectivity index (χ1) is 14.9. The van der Waals surface area contributed by atoms with Gasteiger partial charge in [-0.3, -0.25) is 4.79 Å². The van der Waals surface area contributed by atoms with Crippen LogP contribution in [-0.2, 0) is 13.1 Å². The second-order valence-corrected chi connectivity index (χ2v) is 6.96. The van der Waals surface area contributed by atoms with Crippen LogP contribution in [0.2, 0.25) is 0 Å². The molecule has 32 heavy (non-hydrogen) atoms. The fraction of sp³-hybridized carbons (Fsp3) is 0.391. The molecule has 2 rings (SSSR count). The summed E-state index contributed by atoms with van der Waals surface area (Å²) in [5.41, 5.74) is 2.58. The molecule has 0 heterocycles. The van der Waals surface area contributed by atoms with Crippen molar-refractivity contribution in [2.75, 3.05) is 42.0 Å². The van der Waals surface area contributed by atoms with Gasteiger partial charge in [0.2, 0.25) is 0 Å². The third kappa shape index (κ3) is 7.47. The van der Waals surface area contributed by atoms with Gasteiger partial charge in [0.05, 0.1) is 27.9 Å². The molecule has 2 aromatic carbocycles. The largest absolute Gasteiger partial charge is 0.496 e. The van der Waals surface area contributed by atoms with Gasteiger partial charge in [0.25, 0.3) is 5.91 Å². The van der Waals surface area contributed by atoms with Gasteiger partial charge in [-0.2, -0.15) is 0 Å². The van der Waals surface area contributed by atoms with Crippen LogP contribution in [0.15, 0.2) is 41.4 Å². The highest BCUT2D eigenvalue weighted by atomic mass is 127. The minimum absolute atomic E-state index is 0. The van der Waals surface area contributed by atoms with E-state index in [1.165, 1.54) is 0 Å². The zero-order valence-electron chi connectivity index (χ0n) is 19.5. The molecule has 0 saturated heterocycles. The number of halogens is 1. The van der Waals surface area contributed by atoms with Crippen LogP contribution < -0.4 is 24.8 Å². The van der Waals surface area contributed by atoms with E-state index >= 15 is 0 Å². The van der Waals surface area contributed by atoms with Crippen LogP contribution in [0.1, 0.15) is 28.4 Å². The predicted molar refractivity (Wildman–Crippen MR) is 138 cm³/mol. The first kappa shape index (κ1) is 27.3. The smallest absolute Gasteiger partial charge is 0.253 e. The summed E-state index contributed by atoms with van der Waals surface area (Å²) in [5.74, 6) is 2.60. The number of amides is 1. The van der Waals surface area contributed by atoms with Gasteiger partial charge >= 0.3 is 0 Å². The van der Waals surface area contributed by atoms with E-state index in [9.17, 15) is 4.79 Å². The Morgan fingerprint density at radius 3 is 2.06 bits per heavy atom. The van der Waals surface area contributed by atoms with Gasteiger partial charge in [0, 0.05) is 44.4 Å². The van der Waals surface area contributed by atoms with Crippen LogP contribution in [0.3, 0.4) is 0 Å². The Hall–Kier alpha value is -2.69. The van der Waals surface area contributed by atoms with E-state index in [1.54, 1.807) is 46.4 Å². The number of hydrogen-bond acceptors (Lipinski definition) is 5. The molecule has 0 saturated carbocycles.